The van der Waals surface area contributed by atoms with E-state index in [1.807, 2.05) is 4.90 Å². The summed E-state index contributed by atoms with van der Waals surface area (Å²) in [4.78, 5) is 29.8. The zero-order valence-electron chi connectivity index (χ0n) is 10.5. The topological polar surface area (TPSA) is 123 Å². The average molecular weight is 259 g/mol. The van der Waals surface area contributed by atoms with Gasteiger partial charge in [-0.3, -0.25) is 19.3 Å². The second-order valence-corrected chi connectivity index (χ2v) is 4.18. The third kappa shape index (κ3) is 3.64. The summed E-state index contributed by atoms with van der Waals surface area (Å²) in [7, 11) is 1.50. The fourth-order valence-corrected chi connectivity index (χ4v) is 2.05. The maximum Gasteiger partial charge on any atom is 0.243 e. The molecule has 0 aromatic heterocycles. The fourth-order valence-electron chi connectivity index (χ4n) is 2.05. The summed E-state index contributed by atoms with van der Waals surface area (Å²) >= 11 is 0. The first-order valence-electron chi connectivity index (χ1n) is 5.91. The molecule has 0 spiro atoms. The molecule has 0 radical (unpaired) electrons. The van der Waals surface area contributed by atoms with Crippen molar-refractivity contribution >= 4 is 11.8 Å². The molecule has 1 aliphatic rings. The Hall–Kier alpha value is -1.22. The van der Waals surface area contributed by atoms with Gasteiger partial charge in [0.15, 0.2) is 0 Å². The number of hydrogen-bond donors (Lipinski definition) is 4. The Labute approximate surface area is 106 Å². The Morgan fingerprint density at radius 2 is 2.28 bits per heavy atom. The van der Waals surface area contributed by atoms with Crippen molar-refractivity contribution in [3.05, 3.63) is 0 Å². The highest BCUT2D eigenvalue weighted by Gasteiger charge is 2.32. The van der Waals surface area contributed by atoms with Crippen molar-refractivity contribution in [1.29, 1.82) is 0 Å². The molecule has 8 nitrogen and oxygen atoms in total. The van der Waals surface area contributed by atoms with E-state index in [0.29, 0.717) is 0 Å². The van der Waals surface area contributed by atoms with Gasteiger partial charge in [0.2, 0.25) is 11.8 Å². The van der Waals surface area contributed by atoms with Crippen LogP contribution in [0.1, 0.15) is 12.8 Å². The number of nitrogens with one attached hydrogen (secondary N) is 2. The van der Waals surface area contributed by atoms with Crippen molar-refractivity contribution in [3.63, 3.8) is 0 Å². The Balaban J connectivity index is 2.55. The molecule has 2 amide bonds. The van der Waals surface area contributed by atoms with E-state index in [4.69, 9.17) is 11.6 Å². The van der Waals surface area contributed by atoms with E-state index in [1.54, 1.807) is 0 Å². The largest absolute Gasteiger partial charge is 0.357 e. The van der Waals surface area contributed by atoms with Gasteiger partial charge in [-0.15, -0.1) is 0 Å². The number of carbonyl (C=O) groups excluding carboxylic acids is 2. The number of nitrogens with two attached hydrogens (primary N) is 2. The van der Waals surface area contributed by atoms with Gasteiger partial charge in [0, 0.05) is 20.1 Å². The zero-order valence-corrected chi connectivity index (χ0v) is 10.5. The third-order valence-electron chi connectivity index (χ3n) is 3.02. The van der Waals surface area contributed by atoms with Crippen LogP contribution in [0.2, 0.25) is 0 Å². The molecule has 1 saturated heterocycles. The predicted molar refractivity (Wildman–Crippen MR) is 64.9 cm³/mol. The Bertz CT molecular complexity index is 299. The number of amides is 2. The minimum atomic E-state index is -0.705. The minimum absolute atomic E-state index is 0.0610. The predicted octanol–water partition coefficient (Wildman–Crippen LogP) is -2.51. The number of rotatable bonds is 6. The standard InChI is InChI=1S/C10H21N5O3/c1-13-9(16)7(5-11)14-10(17)8-3-2-4-15(8)6-18-12/h7-8H,2-6,11-12H2,1H3,(H,13,16)(H,14,17). The minimum Gasteiger partial charge on any atom is -0.357 e. The molecule has 8 heteroatoms. The second-order valence-electron chi connectivity index (χ2n) is 4.18. The Morgan fingerprint density at radius 1 is 1.56 bits per heavy atom. The zero-order chi connectivity index (χ0) is 13.5. The molecular formula is C10H21N5O3. The molecule has 2 atom stereocenters. The van der Waals surface area contributed by atoms with Crippen LogP contribution in [0.15, 0.2) is 0 Å². The smallest absolute Gasteiger partial charge is 0.243 e. The summed E-state index contributed by atoms with van der Waals surface area (Å²) in [6.07, 6.45) is 1.62. The summed E-state index contributed by atoms with van der Waals surface area (Å²) in [6.45, 7) is 1.01. The van der Waals surface area contributed by atoms with Gasteiger partial charge >= 0.3 is 0 Å². The van der Waals surface area contributed by atoms with Gasteiger partial charge in [-0.2, -0.15) is 0 Å². The van der Waals surface area contributed by atoms with Crippen molar-refractivity contribution in [1.82, 2.24) is 15.5 Å². The summed E-state index contributed by atoms with van der Waals surface area (Å²) in [5.41, 5.74) is 5.46. The lowest BCUT2D eigenvalue weighted by atomic mass is 10.2. The summed E-state index contributed by atoms with van der Waals surface area (Å²) in [5, 5.41) is 5.09. The van der Waals surface area contributed by atoms with Gasteiger partial charge in [0.1, 0.15) is 12.8 Å². The van der Waals surface area contributed by atoms with E-state index in [0.717, 1.165) is 19.4 Å². The van der Waals surface area contributed by atoms with Gasteiger partial charge in [-0.25, -0.2) is 5.90 Å². The summed E-state index contributed by atoms with van der Waals surface area (Å²) in [6, 6.07) is -1.02. The molecule has 1 aliphatic heterocycles. The van der Waals surface area contributed by atoms with Crippen LogP contribution in [0.4, 0.5) is 0 Å². The lowest BCUT2D eigenvalue weighted by molar-refractivity contribution is -0.132. The molecule has 1 heterocycles. The monoisotopic (exact) mass is 259 g/mol. The van der Waals surface area contributed by atoms with E-state index in [1.165, 1.54) is 7.05 Å². The van der Waals surface area contributed by atoms with Crippen LogP contribution in [0.3, 0.4) is 0 Å². The van der Waals surface area contributed by atoms with E-state index >= 15 is 0 Å². The van der Waals surface area contributed by atoms with E-state index < -0.39 is 6.04 Å². The second kappa shape index (κ2) is 7.27. The number of likely N-dealkylation sites (tertiary alicyclic amines) is 1. The molecule has 18 heavy (non-hydrogen) atoms. The SMILES string of the molecule is CNC(=O)C(CN)NC(=O)C1CCCN1CON. The van der Waals surface area contributed by atoms with Crippen LogP contribution in [-0.4, -0.2) is 55.7 Å². The van der Waals surface area contributed by atoms with Crippen LogP contribution >= 0.6 is 0 Å². The number of nitrogens with zero attached hydrogens (tertiary/aromatic N) is 1. The first-order valence-corrected chi connectivity index (χ1v) is 5.91. The lowest BCUT2D eigenvalue weighted by Gasteiger charge is -2.24. The number of hydrogen-bond acceptors (Lipinski definition) is 6. The quantitative estimate of drug-likeness (QED) is 0.391. The normalized spacial score (nSPS) is 21.6. The first kappa shape index (κ1) is 14.8. The highest BCUT2D eigenvalue weighted by molar-refractivity contribution is 5.89. The molecule has 0 aromatic carbocycles. The summed E-state index contributed by atoms with van der Waals surface area (Å²) < 4.78 is 0. The molecule has 0 aliphatic carbocycles. The number of likely N-dealkylation sites (N-methyl/N-ethyl adjacent to an activating group) is 1. The third-order valence-corrected chi connectivity index (χ3v) is 3.02. The molecule has 0 bridgehead atoms. The molecule has 0 aromatic rings. The van der Waals surface area contributed by atoms with Gasteiger partial charge in [-0.05, 0) is 12.8 Å². The Morgan fingerprint density at radius 3 is 2.83 bits per heavy atom. The molecule has 2 unspecified atom stereocenters. The van der Waals surface area contributed by atoms with E-state index in [-0.39, 0.29) is 31.1 Å². The van der Waals surface area contributed by atoms with Crippen LogP contribution in [0, 0.1) is 0 Å². The Kier molecular flexibility index (Phi) is 5.99. The van der Waals surface area contributed by atoms with Crippen LogP contribution in [0.5, 0.6) is 0 Å². The van der Waals surface area contributed by atoms with E-state index in [9.17, 15) is 9.59 Å². The van der Waals surface area contributed by atoms with Gasteiger partial charge < -0.3 is 16.4 Å². The van der Waals surface area contributed by atoms with Crippen LogP contribution in [-0.2, 0) is 14.4 Å². The van der Waals surface area contributed by atoms with E-state index in [2.05, 4.69) is 15.5 Å². The average Bonchev–Trinajstić information content (AvgIpc) is 2.83. The molecule has 104 valence electrons. The summed E-state index contributed by atoms with van der Waals surface area (Å²) in [5.74, 6) is 4.49. The van der Waals surface area contributed by atoms with Crippen molar-refractivity contribution in [2.24, 2.45) is 11.6 Å². The fraction of sp³-hybridized carbons (Fsp3) is 0.800. The lowest BCUT2D eigenvalue weighted by Crippen LogP contribution is -2.54. The van der Waals surface area contributed by atoms with Crippen molar-refractivity contribution in [3.8, 4) is 0 Å². The molecule has 1 rings (SSSR count). The van der Waals surface area contributed by atoms with Crippen LogP contribution in [0.25, 0.3) is 0 Å². The molecule has 1 fully saturated rings. The van der Waals surface area contributed by atoms with Crippen molar-refractivity contribution < 1.29 is 14.4 Å². The van der Waals surface area contributed by atoms with Gasteiger partial charge in [-0.1, -0.05) is 0 Å². The maximum atomic E-state index is 12.0. The molecular weight excluding hydrogens is 238 g/mol. The highest BCUT2D eigenvalue weighted by Crippen LogP contribution is 2.16. The van der Waals surface area contributed by atoms with Crippen LogP contribution < -0.4 is 22.3 Å². The number of carbonyl (C=O) groups is 2. The van der Waals surface area contributed by atoms with Gasteiger partial charge in [0.25, 0.3) is 0 Å². The molecule has 6 N–H and O–H groups in total. The van der Waals surface area contributed by atoms with Gasteiger partial charge in [0.05, 0.1) is 6.04 Å². The maximum absolute atomic E-state index is 12.0. The molecule has 0 saturated carbocycles. The van der Waals surface area contributed by atoms with Crippen molar-refractivity contribution in [2.75, 3.05) is 26.9 Å². The van der Waals surface area contributed by atoms with Crippen molar-refractivity contribution in [2.45, 2.75) is 24.9 Å². The highest BCUT2D eigenvalue weighted by atomic mass is 16.6. The first-order chi connectivity index (χ1) is 8.63.